The third kappa shape index (κ3) is 7.99. The molecule has 0 fully saturated rings. The van der Waals surface area contributed by atoms with Gasteiger partial charge in [-0.05, 0) is 42.3 Å². The van der Waals surface area contributed by atoms with Crippen LogP contribution < -0.4 is 10.6 Å². The van der Waals surface area contributed by atoms with Gasteiger partial charge in [0.1, 0.15) is 0 Å². The van der Waals surface area contributed by atoms with Crippen molar-refractivity contribution in [2.45, 2.75) is 26.2 Å². The average molecular weight is 310 g/mol. The van der Waals surface area contributed by atoms with E-state index in [0.29, 0.717) is 30.9 Å². The first-order chi connectivity index (χ1) is 10.1. The summed E-state index contributed by atoms with van der Waals surface area (Å²) in [6, 6.07) is 8.35. The molecule has 5 heteroatoms. The Hall–Kier alpha value is -1.17. The molecule has 1 rings (SSSR count). The monoisotopic (exact) mass is 310 g/mol. The first kappa shape index (κ1) is 17.9. The second-order valence-electron chi connectivity index (χ2n) is 5.12. The van der Waals surface area contributed by atoms with Gasteiger partial charge < -0.3 is 20.1 Å². The molecule has 1 aromatic carbocycles. The number of nitrogens with one attached hydrogen (secondary N) is 2. The Bertz CT molecular complexity index is 407. The molecule has 118 valence electrons. The van der Waals surface area contributed by atoms with Crippen molar-refractivity contribution in [2.24, 2.45) is 0 Å². The summed E-state index contributed by atoms with van der Waals surface area (Å²) in [4.78, 5) is 0. The molecular weight excluding hydrogens is 284 g/mol. The van der Waals surface area contributed by atoms with E-state index in [0.717, 1.165) is 18.7 Å². The third-order valence-corrected chi connectivity index (χ3v) is 3.26. The van der Waals surface area contributed by atoms with Gasteiger partial charge >= 0.3 is 0 Å². The van der Waals surface area contributed by atoms with Crippen molar-refractivity contribution in [2.75, 3.05) is 38.8 Å². The molecular formula is C16H26N2O2S. The number of hydrogen-bond donors (Lipinski definition) is 2. The number of methoxy groups -OCH3 is 1. The number of ether oxygens (including phenoxy) is 2. The number of thiocarbonyl (C=S) groups is 1. The zero-order valence-corrected chi connectivity index (χ0v) is 14.0. The summed E-state index contributed by atoms with van der Waals surface area (Å²) in [6.45, 7) is 7.15. The van der Waals surface area contributed by atoms with Crippen molar-refractivity contribution in [1.82, 2.24) is 5.32 Å². The molecule has 0 saturated carbocycles. The molecule has 0 amide bonds. The van der Waals surface area contributed by atoms with Crippen molar-refractivity contribution in [3.8, 4) is 0 Å². The van der Waals surface area contributed by atoms with Gasteiger partial charge in [0.15, 0.2) is 5.11 Å². The maximum absolute atomic E-state index is 5.38. The van der Waals surface area contributed by atoms with E-state index < -0.39 is 0 Å². The van der Waals surface area contributed by atoms with Gasteiger partial charge in [0, 0.05) is 25.9 Å². The van der Waals surface area contributed by atoms with Crippen LogP contribution in [0.2, 0.25) is 0 Å². The highest BCUT2D eigenvalue weighted by molar-refractivity contribution is 7.80. The van der Waals surface area contributed by atoms with Crippen molar-refractivity contribution in [3.63, 3.8) is 0 Å². The van der Waals surface area contributed by atoms with Crippen LogP contribution in [0.4, 0.5) is 5.69 Å². The minimum absolute atomic E-state index is 0.544. The molecule has 0 spiro atoms. The van der Waals surface area contributed by atoms with Gasteiger partial charge in [0.05, 0.1) is 13.2 Å². The van der Waals surface area contributed by atoms with Gasteiger partial charge in [-0.25, -0.2) is 0 Å². The Morgan fingerprint density at radius 1 is 1.14 bits per heavy atom. The highest BCUT2D eigenvalue weighted by Crippen LogP contribution is 2.16. The molecule has 2 N–H and O–H groups in total. The van der Waals surface area contributed by atoms with E-state index in [4.69, 9.17) is 21.7 Å². The van der Waals surface area contributed by atoms with Crippen LogP contribution >= 0.6 is 12.2 Å². The molecule has 0 atom stereocenters. The minimum Gasteiger partial charge on any atom is -0.382 e. The fourth-order valence-corrected chi connectivity index (χ4v) is 1.97. The second kappa shape index (κ2) is 10.5. The summed E-state index contributed by atoms with van der Waals surface area (Å²) in [5.41, 5.74) is 2.33. The summed E-state index contributed by atoms with van der Waals surface area (Å²) >= 11 is 5.26. The van der Waals surface area contributed by atoms with Crippen LogP contribution in [0.15, 0.2) is 24.3 Å². The lowest BCUT2D eigenvalue weighted by molar-refractivity contribution is 0.0699. The van der Waals surface area contributed by atoms with Crippen LogP contribution in [0.3, 0.4) is 0 Å². The first-order valence-corrected chi connectivity index (χ1v) is 7.75. The van der Waals surface area contributed by atoms with Gasteiger partial charge in [-0.3, -0.25) is 0 Å². The number of rotatable bonds is 9. The maximum Gasteiger partial charge on any atom is 0.170 e. The Kier molecular flexibility index (Phi) is 8.98. The fourth-order valence-electron chi connectivity index (χ4n) is 1.75. The summed E-state index contributed by atoms with van der Waals surface area (Å²) in [5, 5.41) is 6.99. The molecule has 21 heavy (non-hydrogen) atoms. The quantitative estimate of drug-likeness (QED) is 0.542. The largest absolute Gasteiger partial charge is 0.382 e. The van der Waals surface area contributed by atoms with E-state index in [9.17, 15) is 0 Å². The molecule has 0 radical (unpaired) electrons. The number of benzene rings is 1. The molecule has 0 bridgehead atoms. The standard InChI is InChI=1S/C16H26N2O2S/c1-13(2)14-5-7-15(8-6-14)18-16(21)17-9-4-10-20-12-11-19-3/h5-8,13H,4,9-12H2,1-3H3,(H2,17,18,21). The lowest BCUT2D eigenvalue weighted by atomic mass is 10.0. The topological polar surface area (TPSA) is 42.5 Å². The van der Waals surface area contributed by atoms with Gasteiger partial charge in [0.25, 0.3) is 0 Å². The van der Waals surface area contributed by atoms with Crippen LogP contribution in [0, 0.1) is 0 Å². The highest BCUT2D eigenvalue weighted by Gasteiger charge is 2.00. The summed E-state index contributed by atoms with van der Waals surface area (Å²) < 4.78 is 10.3. The third-order valence-electron chi connectivity index (χ3n) is 3.02. The van der Waals surface area contributed by atoms with E-state index in [1.165, 1.54) is 5.56 Å². The van der Waals surface area contributed by atoms with Crippen LogP contribution in [0.25, 0.3) is 0 Å². The zero-order valence-electron chi connectivity index (χ0n) is 13.1. The van der Waals surface area contributed by atoms with Gasteiger partial charge in [-0.1, -0.05) is 26.0 Å². The van der Waals surface area contributed by atoms with Crippen molar-refractivity contribution >= 4 is 23.0 Å². The summed E-state index contributed by atoms with van der Waals surface area (Å²) in [6.07, 6.45) is 0.915. The average Bonchev–Trinajstić information content (AvgIpc) is 2.47. The molecule has 4 nitrogen and oxygen atoms in total. The smallest absolute Gasteiger partial charge is 0.170 e. The Morgan fingerprint density at radius 3 is 2.48 bits per heavy atom. The minimum atomic E-state index is 0.544. The van der Waals surface area contributed by atoms with E-state index in [-0.39, 0.29) is 0 Å². The second-order valence-corrected chi connectivity index (χ2v) is 5.52. The van der Waals surface area contributed by atoms with Crippen LogP contribution in [-0.2, 0) is 9.47 Å². The van der Waals surface area contributed by atoms with E-state index in [1.807, 2.05) is 0 Å². The normalized spacial score (nSPS) is 10.7. The Balaban J connectivity index is 2.15. The molecule has 0 unspecified atom stereocenters. The SMILES string of the molecule is COCCOCCCNC(=S)Nc1ccc(C(C)C)cc1. The Labute approximate surface area is 133 Å². The molecule has 0 aliphatic carbocycles. The maximum atomic E-state index is 5.38. The van der Waals surface area contributed by atoms with Crippen LogP contribution in [0.1, 0.15) is 31.7 Å². The van der Waals surface area contributed by atoms with E-state index in [1.54, 1.807) is 7.11 Å². The summed E-state index contributed by atoms with van der Waals surface area (Å²) in [5.74, 6) is 0.544. The van der Waals surface area contributed by atoms with E-state index in [2.05, 4.69) is 48.7 Å². The summed E-state index contributed by atoms with van der Waals surface area (Å²) in [7, 11) is 1.67. The van der Waals surface area contributed by atoms with Crippen molar-refractivity contribution in [3.05, 3.63) is 29.8 Å². The fraction of sp³-hybridized carbons (Fsp3) is 0.562. The van der Waals surface area contributed by atoms with Gasteiger partial charge in [-0.15, -0.1) is 0 Å². The van der Waals surface area contributed by atoms with Crippen LogP contribution in [0.5, 0.6) is 0 Å². The lowest BCUT2D eigenvalue weighted by Crippen LogP contribution is -2.29. The molecule has 0 saturated heterocycles. The molecule has 1 aromatic rings. The van der Waals surface area contributed by atoms with E-state index >= 15 is 0 Å². The molecule has 0 aliphatic rings. The number of hydrogen-bond acceptors (Lipinski definition) is 3. The predicted octanol–water partition coefficient (Wildman–Crippen LogP) is 3.15. The molecule has 0 heterocycles. The lowest BCUT2D eigenvalue weighted by Gasteiger charge is -2.12. The first-order valence-electron chi connectivity index (χ1n) is 7.35. The Morgan fingerprint density at radius 2 is 1.86 bits per heavy atom. The van der Waals surface area contributed by atoms with Gasteiger partial charge in [0.2, 0.25) is 0 Å². The predicted molar refractivity (Wildman–Crippen MR) is 92.1 cm³/mol. The van der Waals surface area contributed by atoms with Crippen molar-refractivity contribution < 1.29 is 9.47 Å². The highest BCUT2D eigenvalue weighted by atomic mass is 32.1. The number of anilines is 1. The molecule has 0 aromatic heterocycles. The van der Waals surface area contributed by atoms with Crippen molar-refractivity contribution in [1.29, 1.82) is 0 Å². The zero-order chi connectivity index (χ0) is 15.5. The molecule has 0 aliphatic heterocycles. The van der Waals surface area contributed by atoms with Gasteiger partial charge in [-0.2, -0.15) is 0 Å². The van der Waals surface area contributed by atoms with Crippen LogP contribution in [-0.4, -0.2) is 38.6 Å².